The minimum absolute atomic E-state index is 0.0835. The van der Waals surface area contributed by atoms with Gasteiger partial charge in [0, 0.05) is 5.39 Å². The number of carboxylic acid groups (broad SMARTS) is 2. The first kappa shape index (κ1) is 19.1. The number of fused-ring (bicyclic) bond motifs is 1. The molecule has 1 aromatic heterocycles. The molecular weight excluding hydrogens is 378 g/mol. The van der Waals surface area contributed by atoms with Gasteiger partial charge < -0.3 is 10.2 Å². The number of rotatable bonds is 5. The fourth-order valence-corrected chi connectivity index (χ4v) is 3.24. The molecule has 5 heteroatoms. The van der Waals surface area contributed by atoms with Gasteiger partial charge in [0.05, 0.1) is 11.1 Å². The van der Waals surface area contributed by atoms with Crippen LogP contribution in [0.15, 0.2) is 78.9 Å². The van der Waals surface area contributed by atoms with E-state index in [1.807, 2.05) is 42.5 Å². The van der Waals surface area contributed by atoms with Crippen molar-refractivity contribution < 1.29 is 19.8 Å². The topological polar surface area (TPSA) is 87.5 Å². The first-order chi connectivity index (χ1) is 14.5. The van der Waals surface area contributed by atoms with Crippen LogP contribution in [0.2, 0.25) is 0 Å². The van der Waals surface area contributed by atoms with Crippen LogP contribution in [0, 0.1) is 0 Å². The van der Waals surface area contributed by atoms with E-state index in [0.717, 1.165) is 28.3 Å². The third-order valence-electron chi connectivity index (χ3n) is 4.77. The molecule has 2 N–H and O–H groups in total. The number of carboxylic acids is 2. The highest BCUT2D eigenvalue weighted by atomic mass is 16.4. The van der Waals surface area contributed by atoms with Crippen molar-refractivity contribution in [1.82, 2.24) is 4.98 Å². The van der Waals surface area contributed by atoms with Crippen molar-refractivity contribution in [2.45, 2.75) is 0 Å². The maximum absolute atomic E-state index is 11.6. The van der Waals surface area contributed by atoms with Crippen LogP contribution in [-0.4, -0.2) is 27.1 Å². The molecule has 4 rings (SSSR count). The minimum Gasteiger partial charge on any atom is -0.478 e. The summed E-state index contributed by atoms with van der Waals surface area (Å²) in [6, 6.07) is 24.4. The molecule has 30 heavy (non-hydrogen) atoms. The fraction of sp³-hybridized carbons (Fsp3) is 0. The molecule has 146 valence electrons. The smallest absolute Gasteiger partial charge is 0.354 e. The van der Waals surface area contributed by atoms with Gasteiger partial charge in [0.1, 0.15) is 5.69 Å². The standard InChI is InChI=1S/C25H17NO4/c27-24(28)21-15-23(25(29)30)26-22-13-10-17(14-20(21)22)7-6-16-8-11-19(12-9-16)18-4-2-1-3-5-18/h1-15H,(H,27,28)(H,29,30)/b7-6+. The van der Waals surface area contributed by atoms with Crippen LogP contribution in [-0.2, 0) is 0 Å². The van der Waals surface area contributed by atoms with E-state index in [0.29, 0.717) is 10.9 Å². The molecular formula is C25H17NO4. The van der Waals surface area contributed by atoms with Gasteiger partial charge in [0.25, 0.3) is 0 Å². The van der Waals surface area contributed by atoms with Crippen molar-refractivity contribution in [3.8, 4) is 11.1 Å². The minimum atomic E-state index is -1.26. The monoisotopic (exact) mass is 395 g/mol. The molecule has 3 aromatic carbocycles. The van der Waals surface area contributed by atoms with E-state index in [1.165, 1.54) is 0 Å². The molecule has 0 saturated heterocycles. The number of aromatic nitrogens is 1. The molecule has 1 heterocycles. The van der Waals surface area contributed by atoms with E-state index >= 15 is 0 Å². The van der Waals surface area contributed by atoms with E-state index in [2.05, 4.69) is 29.2 Å². The lowest BCUT2D eigenvalue weighted by molar-refractivity contribution is 0.0691. The molecule has 0 aliphatic carbocycles. The van der Waals surface area contributed by atoms with Crippen LogP contribution in [0.25, 0.3) is 34.2 Å². The number of hydrogen-bond acceptors (Lipinski definition) is 3. The van der Waals surface area contributed by atoms with Crippen molar-refractivity contribution >= 4 is 35.0 Å². The van der Waals surface area contributed by atoms with Crippen molar-refractivity contribution in [3.05, 3.63) is 101 Å². The van der Waals surface area contributed by atoms with E-state index in [-0.39, 0.29) is 11.3 Å². The van der Waals surface area contributed by atoms with Gasteiger partial charge >= 0.3 is 11.9 Å². The average Bonchev–Trinajstić information content (AvgIpc) is 2.77. The summed E-state index contributed by atoms with van der Waals surface area (Å²) in [5.41, 5.74) is 4.04. The molecule has 0 bridgehead atoms. The van der Waals surface area contributed by atoms with Gasteiger partial charge in [-0.05, 0) is 40.5 Å². The summed E-state index contributed by atoms with van der Waals surface area (Å²) >= 11 is 0. The average molecular weight is 395 g/mol. The highest BCUT2D eigenvalue weighted by molar-refractivity contribution is 6.05. The second-order valence-corrected chi connectivity index (χ2v) is 6.76. The molecule has 0 saturated carbocycles. The van der Waals surface area contributed by atoms with E-state index in [4.69, 9.17) is 5.11 Å². The Balaban J connectivity index is 1.64. The third kappa shape index (κ3) is 3.95. The van der Waals surface area contributed by atoms with Crippen LogP contribution in [0.5, 0.6) is 0 Å². The molecule has 0 amide bonds. The predicted octanol–water partition coefficient (Wildman–Crippen LogP) is 5.47. The molecule has 0 atom stereocenters. The Labute approximate surface area is 172 Å². The zero-order valence-corrected chi connectivity index (χ0v) is 15.8. The molecule has 0 aliphatic rings. The van der Waals surface area contributed by atoms with Crippen molar-refractivity contribution in [2.24, 2.45) is 0 Å². The van der Waals surface area contributed by atoms with Gasteiger partial charge in [-0.25, -0.2) is 14.6 Å². The van der Waals surface area contributed by atoms with Gasteiger partial charge in [0.15, 0.2) is 0 Å². The Kier molecular flexibility index (Phi) is 5.09. The summed E-state index contributed by atoms with van der Waals surface area (Å²) in [7, 11) is 0. The molecule has 4 aromatic rings. The van der Waals surface area contributed by atoms with E-state index in [9.17, 15) is 14.7 Å². The Morgan fingerprint density at radius 3 is 2.00 bits per heavy atom. The second-order valence-electron chi connectivity index (χ2n) is 6.76. The highest BCUT2D eigenvalue weighted by Gasteiger charge is 2.15. The third-order valence-corrected chi connectivity index (χ3v) is 4.77. The number of aromatic carboxylic acids is 2. The van der Waals surface area contributed by atoms with Gasteiger partial charge in [-0.2, -0.15) is 0 Å². The Bertz CT molecular complexity index is 1280. The van der Waals surface area contributed by atoms with Crippen LogP contribution in [0.3, 0.4) is 0 Å². The normalized spacial score (nSPS) is 11.1. The van der Waals surface area contributed by atoms with Crippen molar-refractivity contribution in [1.29, 1.82) is 0 Å². The zero-order valence-electron chi connectivity index (χ0n) is 15.8. The van der Waals surface area contributed by atoms with Crippen molar-refractivity contribution in [3.63, 3.8) is 0 Å². The van der Waals surface area contributed by atoms with E-state index < -0.39 is 11.9 Å². The number of hydrogen-bond donors (Lipinski definition) is 2. The van der Waals surface area contributed by atoms with E-state index in [1.54, 1.807) is 18.2 Å². The summed E-state index contributed by atoms with van der Waals surface area (Å²) in [6.45, 7) is 0. The molecule has 0 unspecified atom stereocenters. The molecule has 0 fully saturated rings. The van der Waals surface area contributed by atoms with Gasteiger partial charge in [-0.1, -0.05) is 72.8 Å². The first-order valence-electron chi connectivity index (χ1n) is 9.26. The maximum Gasteiger partial charge on any atom is 0.354 e. The van der Waals surface area contributed by atoms with Gasteiger partial charge in [-0.3, -0.25) is 0 Å². The lowest BCUT2D eigenvalue weighted by Gasteiger charge is -2.06. The number of benzene rings is 3. The lowest BCUT2D eigenvalue weighted by Crippen LogP contribution is -2.06. The SMILES string of the molecule is O=C(O)c1cc(C(=O)O)c2cc(/C=C/c3ccc(-c4ccccc4)cc3)ccc2n1. The van der Waals surface area contributed by atoms with Crippen LogP contribution >= 0.6 is 0 Å². The van der Waals surface area contributed by atoms with Gasteiger partial charge in [0.2, 0.25) is 0 Å². The van der Waals surface area contributed by atoms with Crippen molar-refractivity contribution in [2.75, 3.05) is 0 Å². The summed E-state index contributed by atoms with van der Waals surface area (Å²) in [6.07, 6.45) is 3.82. The number of carbonyl (C=O) groups is 2. The molecule has 0 spiro atoms. The maximum atomic E-state index is 11.6. The highest BCUT2D eigenvalue weighted by Crippen LogP contribution is 2.23. The summed E-state index contributed by atoms with van der Waals surface area (Å²) < 4.78 is 0. The van der Waals surface area contributed by atoms with Crippen LogP contribution in [0.1, 0.15) is 32.0 Å². The summed E-state index contributed by atoms with van der Waals surface area (Å²) in [4.78, 5) is 26.8. The molecule has 0 aliphatic heterocycles. The molecule has 0 radical (unpaired) electrons. The fourth-order valence-electron chi connectivity index (χ4n) is 3.24. The second kappa shape index (κ2) is 8.01. The Morgan fingerprint density at radius 1 is 0.700 bits per heavy atom. The zero-order chi connectivity index (χ0) is 21.1. The number of pyridine rings is 1. The number of nitrogens with zero attached hydrogens (tertiary/aromatic N) is 1. The summed E-state index contributed by atoms with van der Waals surface area (Å²) in [5, 5.41) is 19.0. The predicted molar refractivity (Wildman–Crippen MR) is 116 cm³/mol. The molecule has 5 nitrogen and oxygen atoms in total. The van der Waals surface area contributed by atoms with Gasteiger partial charge in [-0.15, -0.1) is 0 Å². The Hall–Kier alpha value is -4.25. The van der Waals surface area contributed by atoms with Crippen LogP contribution in [0.4, 0.5) is 0 Å². The van der Waals surface area contributed by atoms with Crippen LogP contribution < -0.4 is 0 Å². The summed E-state index contributed by atoms with van der Waals surface area (Å²) in [5.74, 6) is -2.45. The lowest BCUT2D eigenvalue weighted by atomic mass is 10.0. The first-order valence-corrected chi connectivity index (χ1v) is 9.26. The Morgan fingerprint density at radius 2 is 1.33 bits per heavy atom. The largest absolute Gasteiger partial charge is 0.478 e. The quantitative estimate of drug-likeness (QED) is 0.438.